The van der Waals surface area contributed by atoms with E-state index in [2.05, 4.69) is 41.8 Å². The molecule has 8 nitrogen and oxygen atoms in total. The number of hydrogen-bond acceptors (Lipinski definition) is 5. The number of aromatic nitrogens is 6. The molecule has 0 fully saturated rings. The summed E-state index contributed by atoms with van der Waals surface area (Å²) in [6, 6.07) is 13.2. The molecule has 0 radical (unpaired) electrons. The molecule has 2 aromatic carbocycles. The van der Waals surface area contributed by atoms with Crippen LogP contribution in [0.1, 0.15) is 16.2 Å². The van der Waals surface area contributed by atoms with Crippen LogP contribution in [0.5, 0.6) is 0 Å². The second-order valence-corrected chi connectivity index (χ2v) is 6.59. The third-order valence-corrected chi connectivity index (χ3v) is 4.58. The fourth-order valence-electron chi connectivity index (χ4n) is 2.77. The zero-order valence-electron chi connectivity index (χ0n) is 13.8. The summed E-state index contributed by atoms with van der Waals surface area (Å²) in [7, 11) is 1.93. The third-order valence-electron chi connectivity index (χ3n) is 4.09. The second-order valence-electron chi connectivity index (χ2n) is 5.67. The molecule has 0 atom stereocenters. The van der Waals surface area contributed by atoms with Crippen LogP contribution in [0, 0.1) is 0 Å². The lowest BCUT2D eigenvalue weighted by atomic mass is 10.1. The highest BCUT2D eigenvalue weighted by molar-refractivity contribution is 9.10. The van der Waals surface area contributed by atoms with Crippen LogP contribution in [0.3, 0.4) is 0 Å². The lowest BCUT2D eigenvalue weighted by Crippen LogP contribution is -2.25. The van der Waals surface area contributed by atoms with Crippen LogP contribution in [0.15, 0.2) is 53.3 Å². The molecule has 4 rings (SSSR count). The average molecular weight is 412 g/mol. The van der Waals surface area contributed by atoms with Crippen molar-refractivity contribution in [1.29, 1.82) is 0 Å². The Morgan fingerprint density at radius 3 is 2.85 bits per heavy atom. The van der Waals surface area contributed by atoms with Crippen LogP contribution in [-0.4, -0.2) is 35.7 Å². The molecule has 26 heavy (non-hydrogen) atoms. The average Bonchev–Trinajstić information content (AvgIpc) is 3.28. The van der Waals surface area contributed by atoms with Crippen LogP contribution in [0.4, 0.5) is 0 Å². The molecule has 0 aliphatic heterocycles. The number of carbonyl (C=O) groups excluding carboxylic acids is 1. The van der Waals surface area contributed by atoms with Gasteiger partial charge in [0, 0.05) is 11.5 Å². The van der Waals surface area contributed by atoms with Gasteiger partial charge in [-0.25, -0.2) is 4.98 Å². The topological polar surface area (TPSA) is 90.5 Å². The van der Waals surface area contributed by atoms with Crippen molar-refractivity contribution in [1.82, 2.24) is 35.1 Å². The fraction of sp³-hybridized carbons (Fsp3) is 0.118. The van der Waals surface area contributed by atoms with Crippen molar-refractivity contribution in [3.63, 3.8) is 0 Å². The van der Waals surface area contributed by atoms with E-state index in [-0.39, 0.29) is 5.91 Å². The van der Waals surface area contributed by atoms with Gasteiger partial charge in [-0.05, 0) is 40.8 Å². The number of amides is 1. The first-order chi connectivity index (χ1) is 12.6. The summed E-state index contributed by atoms with van der Waals surface area (Å²) in [5, 5.41) is 14.0. The van der Waals surface area contributed by atoms with Crippen molar-refractivity contribution < 1.29 is 4.79 Å². The normalized spacial score (nSPS) is 11.0. The Morgan fingerprint density at radius 2 is 2.08 bits per heavy atom. The SMILES string of the molecule is Cn1c(CNC(=O)c2cc(Br)ccc2-n2cnnn2)nc2ccccc21. The Labute approximate surface area is 157 Å². The minimum Gasteiger partial charge on any atom is -0.345 e. The minimum atomic E-state index is -0.233. The van der Waals surface area contributed by atoms with Crippen LogP contribution < -0.4 is 5.32 Å². The van der Waals surface area contributed by atoms with Crippen LogP contribution in [0.2, 0.25) is 0 Å². The van der Waals surface area contributed by atoms with Crippen LogP contribution in [0.25, 0.3) is 16.7 Å². The molecule has 0 saturated heterocycles. The zero-order valence-corrected chi connectivity index (χ0v) is 15.4. The number of para-hydroxylation sites is 2. The number of nitrogens with one attached hydrogen (secondary N) is 1. The molecule has 2 heterocycles. The van der Waals surface area contributed by atoms with Crippen molar-refractivity contribution in [2.45, 2.75) is 6.54 Å². The van der Waals surface area contributed by atoms with Crippen molar-refractivity contribution in [3.05, 3.63) is 64.7 Å². The molecule has 0 spiro atoms. The summed E-state index contributed by atoms with van der Waals surface area (Å²) in [4.78, 5) is 17.3. The van der Waals surface area contributed by atoms with Gasteiger partial charge in [0.1, 0.15) is 12.2 Å². The Balaban J connectivity index is 1.60. The number of rotatable bonds is 4. The lowest BCUT2D eigenvalue weighted by Gasteiger charge is -2.10. The van der Waals surface area contributed by atoms with E-state index in [0.29, 0.717) is 17.8 Å². The van der Waals surface area contributed by atoms with Crippen molar-refractivity contribution in [2.75, 3.05) is 0 Å². The number of hydrogen-bond donors (Lipinski definition) is 1. The molecule has 0 saturated carbocycles. The maximum atomic E-state index is 12.8. The zero-order chi connectivity index (χ0) is 18.1. The summed E-state index contributed by atoms with van der Waals surface area (Å²) >= 11 is 3.40. The molecular weight excluding hydrogens is 398 g/mol. The molecular formula is C17H14BrN7O. The molecule has 2 aromatic heterocycles. The molecule has 0 aliphatic rings. The smallest absolute Gasteiger partial charge is 0.253 e. The number of halogens is 1. The van der Waals surface area contributed by atoms with Crippen LogP contribution >= 0.6 is 15.9 Å². The maximum absolute atomic E-state index is 12.8. The summed E-state index contributed by atoms with van der Waals surface area (Å²) in [5.41, 5.74) is 2.98. The van der Waals surface area contributed by atoms with Gasteiger partial charge < -0.3 is 9.88 Å². The van der Waals surface area contributed by atoms with E-state index in [0.717, 1.165) is 21.3 Å². The first kappa shape index (κ1) is 16.4. The number of imidazole rings is 1. The van der Waals surface area contributed by atoms with Gasteiger partial charge >= 0.3 is 0 Å². The number of tetrazole rings is 1. The van der Waals surface area contributed by atoms with Gasteiger partial charge in [-0.3, -0.25) is 4.79 Å². The van der Waals surface area contributed by atoms with E-state index in [1.807, 2.05) is 41.9 Å². The van der Waals surface area contributed by atoms with Gasteiger partial charge in [0.15, 0.2) is 0 Å². The van der Waals surface area contributed by atoms with Gasteiger partial charge in [0.25, 0.3) is 5.91 Å². The number of benzene rings is 2. The van der Waals surface area contributed by atoms with E-state index in [4.69, 9.17) is 0 Å². The predicted molar refractivity (Wildman–Crippen MR) is 98.7 cm³/mol. The van der Waals surface area contributed by atoms with Crippen molar-refractivity contribution >= 4 is 32.9 Å². The predicted octanol–water partition coefficient (Wildman–Crippen LogP) is 2.24. The van der Waals surface area contributed by atoms with Gasteiger partial charge in [0.2, 0.25) is 0 Å². The summed E-state index contributed by atoms with van der Waals surface area (Å²) in [6.45, 7) is 0.311. The van der Waals surface area contributed by atoms with Gasteiger partial charge in [-0.1, -0.05) is 28.1 Å². The lowest BCUT2D eigenvalue weighted by molar-refractivity contribution is 0.0949. The van der Waals surface area contributed by atoms with E-state index in [1.165, 1.54) is 11.0 Å². The molecule has 0 aliphatic carbocycles. The second kappa shape index (κ2) is 6.68. The highest BCUT2D eigenvalue weighted by Gasteiger charge is 2.16. The van der Waals surface area contributed by atoms with E-state index in [9.17, 15) is 4.79 Å². The number of fused-ring (bicyclic) bond motifs is 1. The molecule has 0 bridgehead atoms. The molecule has 130 valence electrons. The van der Waals surface area contributed by atoms with E-state index < -0.39 is 0 Å². The van der Waals surface area contributed by atoms with E-state index in [1.54, 1.807) is 12.1 Å². The summed E-state index contributed by atoms with van der Waals surface area (Å²) in [6.07, 6.45) is 1.45. The maximum Gasteiger partial charge on any atom is 0.253 e. The largest absolute Gasteiger partial charge is 0.345 e. The van der Waals surface area contributed by atoms with Crippen molar-refractivity contribution in [3.8, 4) is 5.69 Å². The minimum absolute atomic E-state index is 0.233. The molecule has 9 heteroatoms. The third kappa shape index (κ3) is 2.97. The monoisotopic (exact) mass is 411 g/mol. The molecule has 0 unspecified atom stereocenters. The van der Waals surface area contributed by atoms with Gasteiger partial charge in [-0.2, -0.15) is 4.68 Å². The van der Waals surface area contributed by atoms with E-state index >= 15 is 0 Å². The Hall–Kier alpha value is -3.07. The standard InChI is InChI=1S/C17H14BrN7O/c1-24-15-5-3-2-4-13(15)21-16(24)9-19-17(26)12-8-11(18)6-7-14(12)25-10-20-22-23-25/h2-8,10H,9H2,1H3,(H,19,26). The van der Waals surface area contributed by atoms with Crippen molar-refractivity contribution in [2.24, 2.45) is 7.05 Å². The first-order valence-corrected chi connectivity index (χ1v) is 8.64. The van der Waals surface area contributed by atoms with Gasteiger partial charge in [0.05, 0.1) is 28.8 Å². The summed E-state index contributed by atoms with van der Waals surface area (Å²) < 4.78 is 4.22. The first-order valence-electron chi connectivity index (χ1n) is 7.85. The fourth-order valence-corrected chi connectivity index (χ4v) is 3.13. The molecule has 1 amide bonds. The molecule has 1 N–H and O–H groups in total. The Kier molecular flexibility index (Phi) is 4.21. The molecule has 4 aromatic rings. The quantitative estimate of drug-likeness (QED) is 0.555. The number of aryl methyl sites for hydroxylation is 1. The van der Waals surface area contributed by atoms with Crippen LogP contribution in [-0.2, 0) is 13.6 Å². The highest BCUT2D eigenvalue weighted by atomic mass is 79.9. The number of carbonyl (C=O) groups is 1. The Bertz CT molecular complexity index is 1090. The summed E-state index contributed by atoms with van der Waals surface area (Å²) in [5.74, 6) is 0.544. The Morgan fingerprint density at radius 1 is 1.23 bits per heavy atom. The highest BCUT2D eigenvalue weighted by Crippen LogP contribution is 2.20. The van der Waals surface area contributed by atoms with Gasteiger partial charge in [-0.15, -0.1) is 5.10 Å². The number of nitrogens with zero attached hydrogens (tertiary/aromatic N) is 6.